The van der Waals surface area contributed by atoms with Crippen molar-refractivity contribution >= 4 is 51.9 Å². The van der Waals surface area contributed by atoms with E-state index in [9.17, 15) is 9.59 Å². The number of amides is 1. The van der Waals surface area contributed by atoms with Gasteiger partial charge in [-0.05, 0) is 54.3 Å². The quantitative estimate of drug-likeness (QED) is 0.375. The summed E-state index contributed by atoms with van der Waals surface area (Å²) in [4.78, 5) is 26.7. The lowest BCUT2D eigenvalue weighted by Gasteiger charge is -2.14. The average molecular weight is 412 g/mol. The Morgan fingerprint density at radius 2 is 1.79 bits per heavy atom. The smallest absolute Gasteiger partial charge is 0.338 e. The number of benzene rings is 2. The van der Waals surface area contributed by atoms with E-state index in [-0.39, 0.29) is 11.9 Å². The maximum Gasteiger partial charge on any atom is 0.338 e. The van der Waals surface area contributed by atoms with Crippen LogP contribution in [0.3, 0.4) is 0 Å². The van der Waals surface area contributed by atoms with E-state index < -0.39 is 0 Å². The minimum Gasteiger partial charge on any atom is -0.462 e. The van der Waals surface area contributed by atoms with E-state index in [1.54, 1.807) is 31.2 Å². The normalized spacial score (nSPS) is 15.6. The van der Waals surface area contributed by atoms with Crippen LogP contribution in [0.25, 0.3) is 6.08 Å². The molecule has 0 aromatic heterocycles. The minimum absolute atomic E-state index is 0.160. The van der Waals surface area contributed by atoms with Gasteiger partial charge in [-0.3, -0.25) is 9.69 Å². The van der Waals surface area contributed by atoms with E-state index >= 15 is 0 Å². The third-order valence-electron chi connectivity index (χ3n) is 4.33. The highest BCUT2D eigenvalue weighted by Gasteiger charge is 2.33. The largest absolute Gasteiger partial charge is 0.462 e. The number of hydrogen-bond donors (Lipinski definition) is 0. The summed E-state index contributed by atoms with van der Waals surface area (Å²) >= 11 is 6.69. The summed E-state index contributed by atoms with van der Waals surface area (Å²) in [6.07, 6.45) is 1.86. The molecule has 0 spiro atoms. The molecule has 0 aliphatic carbocycles. The van der Waals surface area contributed by atoms with Crippen LogP contribution in [0.4, 0.5) is 5.69 Å². The van der Waals surface area contributed by atoms with E-state index in [2.05, 4.69) is 26.0 Å². The number of carbonyl (C=O) groups is 2. The number of rotatable bonds is 5. The summed E-state index contributed by atoms with van der Waals surface area (Å²) in [5, 5.41) is 0. The van der Waals surface area contributed by atoms with E-state index in [1.165, 1.54) is 22.2 Å². The van der Waals surface area contributed by atoms with Gasteiger partial charge in [-0.15, -0.1) is 0 Å². The molecule has 1 saturated heterocycles. The van der Waals surface area contributed by atoms with Crippen molar-refractivity contribution in [2.24, 2.45) is 0 Å². The predicted octanol–water partition coefficient (Wildman–Crippen LogP) is 5.39. The zero-order valence-electron chi connectivity index (χ0n) is 16.0. The lowest BCUT2D eigenvalue weighted by Crippen LogP contribution is -2.27. The molecule has 0 radical (unpaired) electrons. The molecule has 1 aliphatic heterocycles. The predicted molar refractivity (Wildman–Crippen MR) is 119 cm³/mol. The number of thioether (sulfide) groups is 1. The minimum atomic E-state index is -0.385. The number of carbonyl (C=O) groups excluding carboxylic acids is 2. The second-order valence-electron chi connectivity index (χ2n) is 6.61. The number of esters is 1. The standard InChI is InChI=1S/C22H21NO3S2/c1-4-26-21(25)17-9-11-18(12-10-17)23-20(24)19(28-22(23)27)13-15-5-7-16(8-6-15)14(2)3/h5-14H,4H2,1-3H3/b19-13+. The highest BCUT2D eigenvalue weighted by atomic mass is 32.2. The third-order valence-corrected chi connectivity index (χ3v) is 5.63. The molecule has 6 heteroatoms. The number of nitrogens with zero attached hydrogens (tertiary/aromatic N) is 1. The van der Waals surface area contributed by atoms with E-state index in [1.807, 2.05) is 18.2 Å². The lowest BCUT2D eigenvalue weighted by molar-refractivity contribution is -0.113. The van der Waals surface area contributed by atoms with Gasteiger partial charge in [0.15, 0.2) is 4.32 Å². The van der Waals surface area contributed by atoms with Gasteiger partial charge in [0, 0.05) is 0 Å². The molecule has 3 rings (SSSR count). The molecule has 2 aromatic carbocycles. The average Bonchev–Trinajstić information content (AvgIpc) is 2.96. The lowest BCUT2D eigenvalue weighted by atomic mass is 10.0. The molecule has 0 bridgehead atoms. The van der Waals surface area contributed by atoms with Crippen LogP contribution in [-0.4, -0.2) is 22.8 Å². The van der Waals surface area contributed by atoms with E-state index in [0.29, 0.717) is 33.0 Å². The Hall–Kier alpha value is -2.44. The Labute approximate surface area is 174 Å². The van der Waals surface area contributed by atoms with Gasteiger partial charge in [0.25, 0.3) is 5.91 Å². The molecule has 2 aromatic rings. The molecule has 1 heterocycles. The van der Waals surface area contributed by atoms with Crippen molar-refractivity contribution in [3.63, 3.8) is 0 Å². The summed E-state index contributed by atoms with van der Waals surface area (Å²) < 4.78 is 5.45. The fourth-order valence-corrected chi connectivity index (χ4v) is 4.08. The van der Waals surface area contributed by atoms with Crippen molar-refractivity contribution in [2.45, 2.75) is 26.7 Å². The Balaban J connectivity index is 1.80. The molecule has 0 unspecified atom stereocenters. The third kappa shape index (κ3) is 4.34. The zero-order valence-corrected chi connectivity index (χ0v) is 17.6. The second kappa shape index (κ2) is 8.71. The highest BCUT2D eigenvalue weighted by molar-refractivity contribution is 8.27. The molecule has 1 aliphatic rings. The van der Waals surface area contributed by atoms with E-state index in [4.69, 9.17) is 17.0 Å². The Morgan fingerprint density at radius 3 is 2.36 bits per heavy atom. The number of thiocarbonyl (C=S) groups is 1. The SMILES string of the molecule is CCOC(=O)c1ccc(N2C(=O)/C(=C\c3ccc(C(C)C)cc3)SC2=S)cc1. The molecule has 0 atom stereocenters. The highest BCUT2D eigenvalue weighted by Crippen LogP contribution is 2.36. The first-order valence-corrected chi connectivity index (χ1v) is 10.3. The van der Waals surface area contributed by atoms with Crippen LogP contribution in [0.1, 0.15) is 48.2 Å². The summed E-state index contributed by atoms with van der Waals surface area (Å²) in [5.74, 6) is -0.0826. The molecule has 1 amide bonds. The Kier molecular flexibility index (Phi) is 6.31. The Morgan fingerprint density at radius 1 is 1.14 bits per heavy atom. The number of hydrogen-bond acceptors (Lipinski definition) is 5. The second-order valence-corrected chi connectivity index (χ2v) is 8.28. The summed E-state index contributed by atoms with van der Waals surface area (Å²) in [5.41, 5.74) is 3.29. The van der Waals surface area contributed by atoms with Gasteiger partial charge in [0.05, 0.1) is 22.8 Å². The summed E-state index contributed by atoms with van der Waals surface area (Å²) in [6, 6.07) is 14.9. The van der Waals surface area contributed by atoms with Crippen molar-refractivity contribution < 1.29 is 14.3 Å². The molecular formula is C22H21NO3S2. The summed E-state index contributed by atoms with van der Waals surface area (Å²) in [6.45, 7) is 6.37. The van der Waals surface area contributed by atoms with Crippen LogP contribution in [-0.2, 0) is 9.53 Å². The van der Waals surface area contributed by atoms with Gasteiger partial charge >= 0.3 is 5.97 Å². The number of ether oxygens (including phenoxy) is 1. The summed E-state index contributed by atoms with van der Waals surface area (Å²) in [7, 11) is 0. The molecule has 4 nitrogen and oxygen atoms in total. The van der Waals surface area contributed by atoms with Crippen LogP contribution in [0.15, 0.2) is 53.4 Å². The molecule has 144 valence electrons. The molecular weight excluding hydrogens is 390 g/mol. The maximum absolute atomic E-state index is 12.9. The van der Waals surface area contributed by atoms with Gasteiger partial charge in [0.1, 0.15) is 0 Å². The van der Waals surface area contributed by atoms with Gasteiger partial charge in [-0.25, -0.2) is 4.79 Å². The van der Waals surface area contributed by atoms with Gasteiger partial charge in [0.2, 0.25) is 0 Å². The molecule has 28 heavy (non-hydrogen) atoms. The van der Waals surface area contributed by atoms with Crippen LogP contribution < -0.4 is 4.90 Å². The first-order valence-electron chi connectivity index (χ1n) is 9.05. The number of anilines is 1. The molecule has 0 saturated carbocycles. The van der Waals surface area contributed by atoms with Crippen molar-refractivity contribution in [1.29, 1.82) is 0 Å². The van der Waals surface area contributed by atoms with Crippen molar-refractivity contribution in [3.05, 3.63) is 70.1 Å². The maximum atomic E-state index is 12.9. The van der Waals surface area contributed by atoms with Crippen molar-refractivity contribution in [2.75, 3.05) is 11.5 Å². The van der Waals surface area contributed by atoms with Gasteiger partial charge < -0.3 is 4.74 Å². The topological polar surface area (TPSA) is 46.6 Å². The zero-order chi connectivity index (χ0) is 20.3. The van der Waals surface area contributed by atoms with Crippen LogP contribution >= 0.6 is 24.0 Å². The molecule has 0 N–H and O–H groups in total. The fraction of sp³-hybridized carbons (Fsp3) is 0.227. The first kappa shape index (κ1) is 20.3. The van der Waals surface area contributed by atoms with E-state index in [0.717, 1.165) is 5.56 Å². The van der Waals surface area contributed by atoms with Gasteiger partial charge in [-0.1, -0.05) is 62.1 Å². The monoisotopic (exact) mass is 411 g/mol. The van der Waals surface area contributed by atoms with Crippen LogP contribution in [0.2, 0.25) is 0 Å². The Bertz CT molecular complexity index is 931. The van der Waals surface area contributed by atoms with Crippen molar-refractivity contribution in [1.82, 2.24) is 0 Å². The van der Waals surface area contributed by atoms with Gasteiger partial charge in [-0.2, -0.15) is 0 Å². The van der Waals surface area contributed by atoms with Crippen LogP contribution in [0.5, 0.6) is 0 Å². The molecule has 1 fully saturated rings. The van der Waals surface area contributed by atoms with Crippen LogP contribution in [0, 0.1) is 0 Å². The first-order chi connectivity index (χ1) is 13.4. The van der Waals surface area contributed by atoms with Crippen molar-refractivity contribution in [3.8, 4) is 0 Å². The fourth-order valence-electron chi connectivity index (χ4n) is 2.78.